The van der Waals surface area contributed by atoms with Gasteiger partial charge in [-0.2, -0.15) is 0 Å². The fraction of sp³-hybridized carbons (Fsp3) is 0.333. The highest BCUT2D eigenvalue weighted by molar-refractivity contribution is 5.65. The summed E-state index contributed by atoms with van der Waals surface area (Å²) in [6.07, 6.45) is 9.46. The Labute approximate surface area is 136 Å². The molecule has 0 radical (unpaired) electrons. The largest absolute Gasteiger partial charge is 0.357 e. The van der Waals surface area contributed by atoms with E-state index in [1.54, 1.807) is 0 Å². The molecule has 1 atom stereocenters. The molecule has 4 rings (SSSR count). The van der Waals surface area contributed by atoms with Gasteiger partial charge < -0.3 is 4.74 Å². The predicted octanol–water partition coefficient (Wildman–Crippen LogP) is 2.83. The Bertz CT molecular complexity index is 678. The highest BCUT2D eigenvalue weighted by atomic mass is 16.5. The lowest BCUT2D eigenvalue weighted by atomic mass is 10.1. The molecule has 1 aromatic heterocycles. The second kappa shape index (κ2) is 6.48. The number of hydrazine groups is 1. The van der Waals surface area contributed by atoms with Crippen molar-refractivity contribution < 1.29 is 4.74 Å². The third-order valence-electron chi connectivity index (χ3n) is 4.24. The number of aromatic nitrogens is 2. The van der Waals surface area contributed by atoms with E-state index in [2.05, 4.69) is 26.5 Å². The van der Waals surface area contributed by atoms with E-state index in [0.717, 1.165) is 48.6 Å². The monoisotopic (exact) mass is 308 g/mol. The molecule has 5 nitrogen and oxygen atoms in total. The van der Waals surface area contributed by atoms with Crippen molar-refractivity contribution in [3.05, 3.63) is 54.4 Å². The van der Waals surface area contributed by atoms with Crippen LogP contribution in [-0.4, -0.2) is 34.4 Å². The third kappa shape index (κ3) is 2.98. The average molecular weight is 308 g/mol. The van der Waals surface area contributed by atoms with Gasteiger partial charge in [0.2, 0.25) is 0 Å². The van der Waals surface area contributed by atoms with Gasteiger partial charge in [0.25, 0.3) is 0 Å². The zero-order valence-corrected chi connectivity index (χ0v) is 13.0. The van der Waals surface area contributed by atoms with Crippen molar-refractivity contribution in [1.82, 2.24) is 20.4 Å². The molecule has 2 aliphatic heterocycles. The van der Waals surface area contributed by atoms with E-state index < -0.39 is 0 Å². The molecule has 1 unspecified atom stereocenters. The Kier molecular flexibility index (Phi) is 4.05. The number of hydrogen-bond donors (Lipinski definition) is 1. The molecule has 1 N–H and O–H groups in total. The molecular weight excluding hydrogens is 288 g/mol. The number of nitrogens with zero attached hydrogens (tertiary/aromatic N) is 3. The first-order chi connectivity index (χ1) is 11.4. The molecule has 23 heavy (non-hydrogen) atoms. The second-order valence-electron chi connectivity index (χ2n) is 5.80. The summed E-state index contributed by atoms with van der Waals surface area (Å²) in [6, 6.07) is 10.0. The number of hydrogen-bond acceptors (Lipinski definition) is 5. The van der Waals surface area contributed by atoms with Crippen LogP contribution in [0.3, 0.4) is 0 Å². The average Bonchev–Trinajstić information content (AvgIpc) is 3.13. The minimum atomic E-state index is 0.103. The van der Waals surface area contributed by atoms with Crippen LogP contribution in [0.2, 0.25) is 0 Å². The van der Waals surface area contributed by atoms with Crippen LogP contribution < -0.4 is 5.43 Å². The summed E-state index contributed by atoms with van der Waals surface area (Å²) < 4.78 is 5.89. The van der Waals surface area contributed by atoms with Crippen LogP contribution in [0, 0.1) is 0 Å². The highest BCUT2D eigenvalue weighted by Crippen LogP contribution is 2.27. The van der Waals surface area contributed by atoms with Crippen molar-refractivity contribution in [2.24, 2.45) is 0 Å². The Hall–Kier alpha value is -2.24. The van der Waals surface area contributed by atoms with E-state index in [9.17, 15) is 0 Å². The molecule has 0 bridgehead atoms. The van der Waals surface area contributed by atoms with E-state index in [-0.39, 0.29) is 6.23 Å². The van der Waals surface area contributed by atoms with E-state index in [4.69, 9.17) is 4.74 Å². The lowest BCUT2D eigenvalue weighted by molar-refractivity contribution is -0.0745. The fourth-order valence-corrected chi connectivity index (χ4v) is 3.06. The maximum absolute atomic E-state index is 5.89. The first-order valence-electron chi connectivity index (χ1n) is 8.14. The number of nitrogens with one attached hydrogen (secondary N) is 1. The van der Waals surface area contributed by atoms with Crippen molar-refractivity contribution in [2.75, 3.05) is 13.2 Å². The molecule has 3 heterocycles. The summed E-state index contributed by atoms with van der Waals surface area (Å²) in [5.74, 6) is 0.751. The molecule has 118 valence electrons. The van der Waals surface area contributed by atoms with Gasteiger partial charge >= 0.3 is 0 Å². The Balaban J connectivity index is 1.55. The Morgan fingerprint density at radius 2 is 1.87 bits per heavy atom. The first-order valence-corrected chi connectivity index (χ1v) is 8.14. The van der Waals surface area contributed by atoms with Crippen LogP contribution >= 0.6 is 0 Å². The molecule has 0 saturated carbocycles. The smallest absolute Gasteiger partial charge is 0.159 e. The Morgan fingerprint density at radius 3 is 2.61 bits per heavy atom. The zero-order chi connectivity index (χ0) is 15.5. The van der Waals surface area contributed by atoms with Gasteiger partial charge in [-0.05, 0) is 25.3 Å². The van der Waals surface area contributed by atoms with Crippen LogP contribution in [0.4, 0.5) is 0 Å². The van der Waals surface area contributed by atoms with Crippen LogP contribution in [0.1, 0.15) is 24.8 Å². The summed E-state index contributed by atoms with van der Waals surface area (Å²) in [4.78, 5) is 9.05. The maximum Gasteiger partial charge on any atom is 0.159 e. The van der Waals surface area contributed by atoms with E-state index >= 15 is 0 Å². The summed E-state index contributed by atoms with van der Waals surface area (Å²) in [5, 5.41) is 2.13. The number of rotatable bonds is 3. The number of ether oxygens (including phenoxy) is 1. The first kappa shape index (κ1) is 14.4. The normalized spacial score (nSPS) is 21.3. The summed E-state index contributed by atoms with van der Waals surface area (Å²) >= 11 is 0. The summed E-state index contributed by atoms with van der Waals surface area (Å²) in [5.41, 5.74) is 6.54. The summed E-state index contributed by atoms with van der Waals surface area (Å²) in [7, 11) is 0. The molecule has 1 saturated heterocycles. The van der Waals surface area contributed by atoms with Crippen molar-refractivity contribution >= 4 is 5.70 Å². The predicted molar refractivity (Wildman–Crippen MR) is 88.9 cm³/mol. The van der Waals surface area contributed by atoms with Crippen LogP contribution in [0.5, 0.6) is 0 Å². The highest BCUT2D eigenvalue weighted by Gasteiger charge is 2.27. The molecule has 2 aromatic rings. The van der Waals surface area contributed by atoms with Gasteiger partial charge in [-0.15, -0.1) is 0 Å². The minimum absolute atomic E-state index is 0.103. The molecule has 1 fully saturated rings. The third-order valence-corrected chi connectivity index (χ3v) is 4.24. The molecule has 0 spiro atoms. The van der Waals surface area contributed by atoms with Crippen LogP contribution in [-0.2, 0) is 4.74 Å². The van der Waals surface area contributed by atoms with Crippen molar-refractivity contribution in [2.45, 2.75) is 25.5 Å². The molecule has 5 heteroatoms. The van der Waals surface area contributed by atoms with Gasteiger partial charge in [-0.25, -0.2) is 15.4 Å². The van der Waals surface area contributed by atoms with Gasteiger partial charge in [0, 0.05) is 36.7 Å². The lowest BCUT2D eigenvalue weighted by Crippen LogP contribution is -2.43. The standard InChI is InChI=1S/C18H20N4O/c1-2-6-14(7-3-1)18-19-12-15(13-20-18)16-9-10-21-22(16)17-8-4-5-11-23-17/h1-3,6-7,9,12-13,17,21H,4-5,8,10-11H2. The second-order valence-corrected chi connectivity index (χ2v) is 5.80. The maximum atomic E-state index is 5.89. The SMILES string of the molecule is C1=C(c2cnc(-c3ccccc3)nc2)N(C2CCCCO2)NC1. The molecule has 0 amide bonds. The van der Waals surface area contributed by atoms with Crippen molar-refractivity contribution in [3.63, 3.8) is 0 Å². The minimum Gasteiger partial charge on any atom is -0.357 e. The van der Waals surface area contributed by atoms with E-state index in [1.807, 2.05) is 42.7 Å². The Morgan fingerprint density at radius 1 is 1.04 bits per heavy atom. The van der Waals surface area contributed by atoms with Gasteiger partial charge in [0.05, 0.1) is 5.70 Å². The van der Waals surface area contributed by atoms with Crippen molar-refractivity contribution in [1.29, 1.82) is 0 Å². The van der Waals surface area contributed by atoms with E-state index in [1.165, 1.54) is 6.42 Å². The van der Waals surface area contributed by atoms with Gasteiger partial charge in [-0.1, -0.05) is 30.3 Å². The van der Waals surface area contributed by atoms with Crippen LogP contribution in [0.25, 0.3) is 17.1 Å². The molecular formula is C18H20N4O. The summed E-state index contributed by atoms with van der Waals surface area (Å²) in [6.45, 7) is 1.65. The quantitative estimate of drug-likeness (QED) is 0.945. The van der Waals surface area contributed by atoms with Gasteiger partial charge in [-0.3, -0.25) is 5.01 Å². The zero-order valence-electron chi connectivity index (χ0n) is 13.0. The van der Waals surface area contributed by atoms with Crippen LogP contribution in [0.15, 0.2) is 48.8 Å². The topological polar surface area (TPSA) is 50.3 Å². The molecule has 0 aliphatic carbocycles. The van der Waals surface area contributed by atoms with Gasteiger partial charge in [0.15, 0.2) is 5.82 Å². The molecule has 2 aliphatic rings. The van der Waals surface area contributed by atoms with Crippen molar-refractivity contribution in [3.8, 4) is 11.4 Å². The molecule has 1 aromatic carbocycles. The number of benzene rings is 1. The fourth-order valence-electron chi connectivity index (χ4n) is 3.06. The van der Waals surface area contributed by atoms with E-state index in [0.29, 0.717) is 0 Å². The lowest BCUT2D eigenvalue weighted by Gasteiger charge is -2.34. The van der Waals surface area contributed by atoms with Gasteiger partial charge in [0.1, 0.15) is 6.23 Å².